The van der Waals surface area contributed by atoms with Crippen LogP contribution in [-0.4, -0.2) is 74.1 Å². The first-order valence-electron chi connectivity index (χ1n) is 14.4. The molecule has 1 aliphatic heterocycles. The molecule has 1 fully saturated rings. The number of methoxy groups -OCH3 is 1. The monoisotopic (exact) mass is 550 g/mol. The molecule has 4 aromatic rings. The van der Waals surface area contributed by atoms with E-state index in [1.165, 1.54) is 22.4 Å². The van der Waals surface area contributed by atoms with Crippen LogP contribution in [0, 0.1) is 5.92 Å². The van der Waals surface area contributed by atoms with Gasteiger partial charge in [-0.05, 0) is 60.0 Å². The van der Waals surface area contributed by atoms with Crippen LogP contribution in [0.2, 0.25) is 0 Å². The number of nitrogens with zero attached hydrogens (tertiary/aromatic N) is 5. The maximum absolute atomic E-state index is 6.48. The fourth-order valence-corrected chi connectivity index (χ4v) is 6.85. The minimum Gasteiger partial charge on any atom is -0.500 e. The molecule has 5 heterocycles. The Kier molecular flexibility index (Phi) is 8.07. The Labute approximate surface area is 241 Å². The molecule has 0 aromatic carbocycles. The first-order valence-corrected chi connectivity index (χ1v) is 14.4. The van der Waals surface area contributed by atoms with Crippen molar-refractivity contribution in [2.75, 3.05) is 33.3 Å². The molecule has 0 spiro atoms. The van der Waals surface area contributed by atoms with E-state index in [1.807, 2.05) is 44.0 Å². The van der Waals surface area contributed by atoms with E-state index in [0.29, 0.717) is 12.8 Å². The van der Waals surface area contributed by atoms with Crippen LogP contribution in [0.3, 0.4) is 0 Å². The summed E-state index contributed by atoms with van der Waals surface area (Å²) >= 11 is 0. The number of aromatic nitrogens is 6. The Morgan fingerprint density at radius 3 is 2.37 bits per heavy atom. The quantitative estimate of drug-likeness (QED) is 0.276. The summed E-state index contributed by atoms with van der Waals surface area (Å²) in [6.45, 7) is 6.00. The van der Waals surface area contributed by atoms with Gasteiger partial charge in [0.25, 0.3) is 0 Å². The summed E-state index contributed by atoms with van der Waals surface area (Å²) in [5.74, 6) is 1.03. The van der Waals surface area contributed by atoms with E-state index in [1.54, 1.807) is 0 Å². The third-order valence-corrected chi connectivity index (χ3v) is 8.69. The Hall–Kier alpha value is -4.08. The van der Waals surface area contributed by atoms with Crippen molar-refractivity contribution in [1.29, 1.82) is 0 Å². The number of pyridine rings is 2. The Balaban J connectivity index is 1.60. The van der Waals surface area contributed by atoms with Crippen LogP contribution in [0.5, 0.6) is 0 Å². The van der Waals surface area contributed by atoms with E-state index in [2.05, 4.69) is 73.9 Å². The Morgan fingerprint density at radius 2 is 1.73 bits per heavy atom. The molecule has 2 atom stereocenters. The molecule has 0 radical (unpaired) electrons. The van der Waals surface area contributed by atoms with Crippen LogP contribution in [0.25, 0.3) is 0 Å². The van der Waals surface area contributed by atoms with E-state index in [4.69, 9.17) is 14.7 Å². The fraction of sp³-hybridized carbons (Fsp3) is 0.375. The second-order valence-electron chi connectivity index (χ2n) is 10.9. The first-order chi connectivity index (χ1) is 20.2. The molecule has 212 valence electrons. The van der Waals surface area contributed by atoms with Gasteiger partial charge in [-0.1, -0.05) is 12.1 Å². The second-order valence-corrected chi connectivity index (χ2v) is 10.9. The maximum atomic E-state index is 6.48. The van der Waals surface area contributed by atoms with E-state index in [0.717, 1.165) is 61.9 Å². The molecule has 41 heavy (non-hydrogen) atoms. The minimum absolute atomic E-state index is 0.00751. The number of hydrogen-bond donors (Lipinski definition) is 3. The lowest BCUT2D eigenvalue weighted by Gasteiger charge is -2.55. The molecule has 6 rings (SSSR count). The van der Waals surface area contributed by atoms with Gasteiger partial charge in [0.15, 0.2) is 0 Å². The smallest absolute Gasteiger partial charge is 0.105 e. The highest BCUT2D eigenvalue weighted by Gasteiger charge is 2.53. The molecule has 1 saturated heterocycles. The van der Waals surface area contributed by atoms with Crippen LogP contribution in [-0.2, 0) is 30.4 Å². The third kappa shape index (κ3) is 5.47. The van der Waals surface area contributed by atoms with Crippen molar-refractivity contribution >= 4 is 0 Å². The number of allylic oxidation sites excluding steroid dienone is 2. The summed E-state index contributed by atoms with van der Waals surface area (Å²) in [4.78, 5) is 15.7. The Morgan fingerprint density at radius 1 is 0.951 bits per heavy atom. The van der Waals surface area contributed by atoms with Crippen LogP contribution in [0.1, 0.15) is 29.7 Å². The lowest BCUT2D eigenvalue weighted by atomic mass is 9.62. The van der Waals surface area contributed by atoms with E-state index in [-0.39, 0.29) is 11.5 Å². The molecule has 1 aliphatic carbocycles. The third-order valence-electron chi connectivity index (χ3n) is 8.69. The molecule has 9 nitrogen and oxygen atoms in total. The summed E-state index contributed by atoms with van der Waals surface area (Å²) in [6.07, 6.45) is 10.6. The molecule has 4 aromatic heterocycles. The van der Waals surface area contributed by atoms with Gasteiger partial charge >= 0.3 is 0 Å². The molecule has 9 heteroatoms. The number of nitrogens with one attached hydrogen (secondary N) is 3. The summed E-state index contributed by atoms with van der Waals surface area (Å²) in [6, 6.07) is 16.6. The predicted molar refractivity (Wildman–Crippen MR) is 158 cm³/mol. The molecule has 2 unspecified atom stereocenters. The van der Waals surface area contributed by atoms with Crippen LogP contribution >= 0.6 is 0 Å². The van der Waals surface area contributed by atoms with Crippen LogP contribution in [0.4, 0.5) is 0 Å². The summed E-state index contributed by atoms with van der Waals surface area (Å²) in [5.41, 5.74) is 7.62. The van der Waals surface area contributed by atoms with Crippen molar-refractivity contribution in [2.24, 2.45) is 5.92 Å². The SMILES string of the molecule is COC1=C(Cc2ccccn2)C(C)=C(Cc2cn[nH]n2)C(Cc2ccc[nH]2)(N2CCNCC2)C1Cc1ccccn1. The number of H-pyrrole nitrogens is 2. The maximum Gasteiger partial charge on any atom is 0.105 e. The molecule has 0 amide bonds. The highest BCUT2D eigenvalue weighted by Crippen LogP contribution is 2.50. The zero-order valence-electron chi connectivity index (χ0n) is 23.8. The summed E-state index contributed by atoms with van der Waals surface area (Å²) < 4.78 is 6.48. The number of piperazine rings is 1. The average Bonchev–Trinajstić information content (AvgIpc) is 3.74. The van der Waals surface area contributed by atoms with Gasteiger partial charge < -0.3 is 15.0 Å². The van der Waals surface area contributed by atoms with Crippen molar-refractivity contribution in [1.82, 2.24) is 40.6 Å². The number of rotatable bonds is 10. The molecular weight excluding hydrogens is 512 g/mol. The van der Waals surface area contributed by atoms with Gasteiger partial charge in [-0.3, -0.25) is 14.9 Å². The number of aromatic amines is 2. The molecule has 0 saturated carbocycles. The standard InChI is InChI=1S/C32H38N8O/c1-23-28(18-24-8-3-5-11-34-24)31(41-2)30(19-25-9-4-6-12-35-25)32(21-26-10-7-13-36-26,40-16-14-33-15-17-40)29(23)20-27-22-37-39-38-27/h3-13,22,30,33,36H,14-21H2,1-2H3,(H,37,38,39). The van der Waals surface area contributed by atoms with Crippen molar-refractivity contribution < 1.29 is 4.74 Å². The van der Waals surface area contributed by atoms with Crippen molar-refractivity contribution in [3.8, 4) is 0 Å². The zero-order chi connectivity index (χ0) is 28.1. The van der Waals surface area contributed by atoms with Crippen molar-refractivity contribution in [2.45, 2.75) is 38.1 Å². The van der Waals surface area contributed by atoms with Crippen LogP contribution < -0.4 is 5.32 Å². The number of ether oxygens (including phenoxy) is 1. The van der Waals surface area contributed by atoms with E-state index in [9.17, 15) is 0 Å². The van der Waals surface area contributed by atoms with Gasteiger partial charge in [-0.15, -0.1) is 0 Å². The summed E-state index contributed by atoms with van der Waals surface area (Å²) in [7, 11) is 1.83. The van der Waals surface area contributed by atoms with Gasteiger partial charge in [-0.2, -0.15) is 15.4 Å². The normalized spacial score (nSPS) is 21.9. The van der Waals surface area contributed by atoms with Crippen molar-refractivity contribution in [3.05, 3.63) is 119 Å². The minimum atomic E-state index is -0.382. The highest BCUT2D eigenvalue weighted by atomic mass is 16.5. The lowest BCUT2D eigenvalue weighted by Crippen LogP contribution is -2.64. The largest absolute Gasteiger partial charge is 0.500 e. The van der Waals surface area contributed by atoms with E-state index < -0.39 is 0 Å². The molecule has 3 N–H and O–H groups in total. The van der Waals surface area contributed by atoms with E-state index >= 15 is 0 Å². The van der Waals surface area contributed by atoms with Gasteiger partial charge in [0.05, 0.1) is 24.5 Å². The van der Waals surface area contributed by atoms with Gasteiger partial charge in [0, 0.05) is 93.5 Å². The zero-order valence-corrected chi connectivity index (χ0v) is 23.8. The Bertz CT molecular complexity index is 1460. The molecule has 2 aliphatic rings. The van der Waals surface area contributed by atoms with Gasteiger partial charge in [0.1, 0.15) is 5.76 Å². The average molecular weight is 551 g/mol. The number of hydrogen-bond acceptors (Lipinski definition) is 7. The molecule has 0 bridgehead atoms. The fourth-order valence-electron chi connectivity index (χ4n) is 6.85. The van der Waals surface area contributed by atoms with Gasteiger partial charge in [-0.25, -0.2) is 0 Å². The van der Waals surface area contributed by atoms with Crippen molar-refractivity contribution in [3.63, 3.8) is 0 Å². The first kappa shape index (κ1) is 27.1. The van der Waals surface area contributed by atoms with Crippen LogP contribution in [0.15, 0.2) is 95.8 Å². The molecular formula is C32H38N8O. The lowest BCUT2D eigenvalue weighted by molar-refractivity contribution is 0.0329. The highest BCUT2D eigenvalue weighted by molar-refractivity contribution is 5.51. The summed E-state index contributed by atoms with van der Waals surface area (Å²) in [5, 5.41) is 15.1. The topological polar surface area (TPSA) is 108 Å². The van der Waals surface area contributed by atoms with Gasteiger partial charge in [0.2, 0.25) is 0 Å². The second kappa shape index (κ2) is 12.2. The predicted octanol–water partition coefficient (Wildman–Crippen LogP) is 3.68.